The molecule has 0 unspecified atom stereocenters. The topological polar surface area (TPSA) is 122 Å². The van der Waals surface area contributed by atoms with E-state index in [4.69, 9.17) is 0 Å². The molecule has 0 aromatic rings. The molecule has 0 aliphatic heterocycles. The van der Waals surface area contributed by atoms with Gasteiger partial charge in [0, 0.05) is 30.4 Å². The molecule has 2 saturated carbocycles. The van der Waals surface area contributed by atoms with Crippen molar-refractivity contribution in [3.8, 4) is 0 Å². The van der Waals surface area contributed by atoms with E-state index in [9.17, 15) is 25.2 Å². The Balaban J connectivity index is 1.62. The molecule has 0 aromatic carbocycles. The van der Waals surface area contributed by atoms with Crippen molar-refractivity contribution >= 4 is 6.29 Å². The number of hydrogen-bond donors (Lipinski definition) is 6. The van der Waals surface area contributed by atoms with Gasteiger partial charge in [0.15, 0.2) is 0 Å². The van der Waals surface area contributed by atoms with E-state index in [2.05, 4.69) is 42.4 Å². The second-order valence-electron chi connectivity index (χ2n) is 14.0. The molecule has 4 aliphatic carbocycles. The van der Waals surface area contributed by atoms with Crippen molar-refractivity contribution in [2.75, 3.05) is 39.9 Å². The van der Waals surface area contributed by atoms with E-state index in [1.54, 1.807) is 0 Å². The molecule has 0 amide bonds. The SMILES string of the molecule is C=C(/C=C/C=C(/CO)[C@@H]1CC[C@]2([C@@H]1O)[C@@H]1C(=C(C)C=O)[C@@H](C=C[C@H]1CCO)C[C@]2(O)CCNC)C[C@H]1C=C(CNCC)CCC1. The van der Waals surface area contributed by atoms with Gasteiger partial charge in [-0.1, -0.05) is 66.7 Å². The zero-order chi connectivity index (χ0) is 32.6. The van der Waals surface area contributed by atoms with Crippen molar-refractivity contribution in [1.29, 1.82) is 0 Å². The summed E-state index contributed by atoms with van der Waals surface area (Å²) in [6.45, 7) is 10.6. The fraction of sp³-hybridized carbons (Fsp3) is 0.658. The number of allylic oxidation sites excluding steroid dienone is 9. The summed E-state index contributed by atoms with van der Waals surface area (Å²) in [5, 5.41) is 52.2. The van der Waals surface area contributed by atoms with Crippen LogP contribution in [0.4, 0.5) is 0 Å². The maximum atomic E-state index is 12.6. The summed E-state index contributed by atoms with van der Waals surface area (Å²) in [6, 6.07) is 0. The molecule has 250 valence electrons. The summed E-state index contributed by atoms with van der Waals surface area (Å²) >= 11 is 0. The molecule has 4 rings (SSSR count). The van der Waals surface area contributed by atoms with E-state index in [0.717, 1.165) is 48.9 Å². The van der Waals surface area contributed by atoms with Crippen LogP contribution in [0.3, 0.4) is 0 Å². The van der Waals surface area contributed by atoms with Crippen LogP contribution in [-0.2, 0) is 4.79 Å². The highest BCUT2D eigenvalue weighted by Gasteiger charge is 2.68. The van der Waals surface area contributed by atoms with Crippen molar-refractivity contribution in [3.05, 3.63) is 70.9 Å². The number of aliphatic hydroxyl groups excluding tert-OH is 3. The zero-order valence-corrected chi connectivity index (χ0v) is 27.8. The lowest BCUT2D eigenvalue weighted by molar-refractivity contribution is -0.194. The molecule has 2 bridgehead atoms. The van der Waals surface area contributed by atoms with Crippen LogP contribution >= 0.6 is 0 Å². The largest absolute Gasteiger partial charge is 0.396 e. The second-order valence-corrected chi connectivity index (χ2v) is 14.0. The van der Waals surface area contributed by atoms with Gasteiger partial charge in [0.25, 0.3) is 0 Å². The van der Waals surface area contributed by atoms with Gasteiger partial charge in [0.2, 0.25) is 0 Å². The van der Waals surface area contributed by atoms with Gasteiger partial charge >= 0.3 is 0 Å². The Morgan fingerprint density at radius 1 is 1.22 bits per heavy atom. The molecule has 6 N–H and O–H groups in total. The summed E-state index contributed by atoms with van der Waals surface area (Å²) in [7, 11) is 1.86. The molecular formula is C38H58N2O5. The third kappa shape index (κ3) is 7.39. The first-order valence-electron chi connectivity index (χ1n) is 17.3. The lowest BCUT2D eigenvalue weighted by atomic mass is 9.45. The smallest absolute Gasteiger partial charge is 0.145 e. The number of aldehydes is 1. The summed E-state index contributed by atoms with van der Waals surface area (Å²) < 4.78 is 0. The highest BCUT2D eigenvalue weighted by molar-refractivity contribution is 5.74. The summed E-state index contributed by atoms with van der Waals surface area (Å²) in [4.78, 5) is 12.2. The predicted molar refractivity (Wildman–Crippen MR) is 181 cm³/mol. The van der Waals surface area contributed by atoms with Gasteiger partial charge in [-0.2, -0.15) is 0 Å². The van der Waals surface area contributed by atoms with Gasteiger partial charge in [0.05, 0.1) is 18.3 Å². The number of fused-ring (bicyclic) bond motifs is 3. The van der Waals surface area contributed by atoms with Gasteiger partial charge in [0.1, 0.15) is 6.29 Å². The summed E-state index contributed by atoms with van der Waals surface area (Å²) in [6.07, 6.45) is 19.5. The average Bonchev–Trinajstić information content (AvgIpc) is 3.38. The van der Waals surface area contributed by atoms with Gasteiger partial charge in [-0.25, -0.2) is 0 Å². The molecule has 7 heteroatoms. The van der Waals surface area contributed by atoms with E-state index in [1.165, 1.54) is 18.4 Å². The van der Waals surface area contributed by atoms with E-state index in [1.807, 2.05) is 32.2 Å². The quantitative estimate of drug-likeness (QED) is 0.0685. The molecule has 45 heavy (non-hydrogen) atoms. The van der Waals surface area contributed by atoms with Crippen LogP contribution in [-0.4, -0.2) is 78.3 Å². The Bertz CT molecular complexity index is 1200. The van der Waals surface area contributed by atoms with Crippen molar-refractivity contribution in [3.63, 3.8) is 0 Å². The lowest BCUT2D eigenvalue weighted by Crippen LogP contribution is -2.65. The molecular weight excluding hydrogens is 564 g/mol. The Labute approximate surface area is 271 Å². The Kier molecular flexibility index (Phi) is 12.8. The third-order valence-corrected chi connectivity index (χ3v) is 11.4. The second kappa shape index (κ2) is 16.1. The number of hydrogen-bond acceptors (Lipinski definition) is 7. The lowest BCUT2D eigenvalue weighted by Gasteiger charge is -2.61. The van der Waals surface area contributed by atoms with Crippen molar-refractivity contribution < 1.29 is 25.2 Å². The molecule has 4 aliphatic rings. The third-order valence-electron chi connectivity index (χ3n) is 11.4. The van der Waals surface area contributed by atoms with Gasteiger partial charge < -0.3 is 31.1 Å². The van der Waals surface area contributed by atoms with Crippen LogP contribution in [0.1, 0.15) is 71.6 Å². The standard InChI is InChI=1S/C38H58N2O5/c1-5-40-23-29-10-7-9-28(21-29)20-26(2)8-6-11-32(25-43)33-14-16-38(36(33)44)35-30(15-19-41)12-13-31(34(35)27(3)24-42)22-37(38,45)17-18-39-4/h6,8,11-13,21,24,28,30-31,33,35-36,39-41,43-45H,2,5,7,9-10,14-20,22-23,25H2,1,3-4H3/b8-6+,32-11-,34-27?/t28-,30-,31-,33-,35-,36+,37+,38+/m0/s1. The summed E-state index contributed by atoms with van der Waals surface area (Å²) in [5.74, 6) is -0.326. The minimum absolute atomic E-state index is 0.0157. The number of rotatable bonds is 15. The Hall–Kier alpha value is -2.13. The number of carbonyl (C=O) groups is 1. The molecule has 7 nitrogen and oxygen atoms in total. The maximum absolute atomic E-state index is 12.6. The van der Waals surface area contributed by atoms with Crippen molar-refractivity contribution in [2.24, 2.45) is 35.0 Å². The highest BCUT2D eigenvalue weighted by atomic mass is 16.3. The summed E-state index contributed by atoms with van der Waals surface area (Å²) in [5.41, 5.74) is 2.81. The fourth-order valence-corrected chi connectivity index (χ4v) is 9.30. The number of likely N-dealkylation sites (N-methyl/N-ethyl adjacent to an activating group) is 1. The van der Waals surface area contributed by atoms with Crippen LogP contribution in [0, 0.1) is 35.0 Å². The zero-order valence-electron chi connectivity index (χ0n) is 27.8. The molecule has 0 saturated heterocycles. The van der Waals surface area contributed by atoms with Crippen LogP contribution < -0.4 is 10.6 Å². The number of nitrogens with one attached hydrogen (secondary N) is 2. The van der Waals surface area contributed by atoms with E-state index >= 15 is 0 Å². The van der Waals surface area contributed by atoms with Crippen LogP contribution in [0.15, 0.2) is 70.9 Å². The first-order valence-corrected chi connectivity index (χ1v) is 17.3. The minimum Gasteiger partial charge on any atom is -0.396 e. The van der Waals surface area contributed by atoms with Gasteiger partial charge in [-0.15, -0.1) is 0 Å². The Morgan fingerprint density at radius 2 is 2.02 bits per heavy atom. The first-order chi connectivity index (χ1) is 21.7. The predicted octanol–water partition coefficient (Wildman–Crippen LogP) is 4.56. The van der Waals surface area contributed by atoms with E-state index < -0.39 is 17.1 Å². The molecule has 2 fully saturated rings. The minimum atomic E-state index is -1.19. The monoisotopic (exact) mass is 622 g/mol. The maximum Gasteiger partial charge on any atom is 0.145 e. The average molecular weight is 623 g/mol. The van der Waals surface area contributed by atoms with Crippen LogP contribution in [0.5, 0.6) is 0 Å². The molecule has 0 radical (unpaired) electrons. The van der Waals surface area contributed by atoms with Crippen LogP contribution in [0.25, 0.3) is 0 Å². The van der Waals surface area contributed by atoms with Gasteiger partial charge in [-0.3, -0.25) is 4.79 Å². The molecule has 8 atom stereocenters. The normalized spacial score (nSPS) is 36.1. The van der Waals surface area contributed by atoms with Crippen LogP contribution in [0.2, 0.25) is 0 Å². The molecule has 1 spiro atoms. The van der Waals surface area contributed by atoms with E-state index in [0.29, 0.717) is 50.1 Å². The molecule has 0 aromatic heterocycles. The van der Waals surface area contributed by atoms with Crippen molar-refractivity contribution in [2.45, 2.75) is 83.3 Å². The van der Waals surface area contributed by atoms with E-state index in [-0.39, 0.29) is 36.9 Å². The molecule has 0 heterocycles. The van der Waals surface area contributed by atoms with Crippen molar-refractivity contribution in [1.82, 2.24) is 10.6 Å². The fourth-order valence-electron chi connectivity index (χ4n) is 9.30. The first kappa shape index (κ1) is 35.7. The number of carbonyl (C=O) groups excluding carboxylic acids is 1. The highest BCUT2D eigenvalue weighted by Crippen LogP contribution is 2.67. The number of aliphatic hydroxyl groups is 4. The Morgan fingerprint density at radius 3 is 2.71 bits per heavy atom. The van der Waals surface area contributed by atoms with Gasteiger partial charge in [-0.05, 0) is 114 Å².